The molecular formula is C13H21NO2S. The van der Waals surface area contributed by atoms with Crippen LogP contribution in [0.25, 0.3) is 0 Å². The van der Waals surface area contributed by atoms with Gasteiger partial charge in [0.05, 0.1) is 16.9 Å². The molecule has 96 valence electrons. The molecule has 3 N–H and O–H groups in total. The molecule has 1 aromatic carbocycles. The van der Waals surface area contributed by atoms with E-state index in [-0.39, 0.29) is 0 Å². The van der Waals surface area contributed by atoms with Crippen LogP contribution in [0.4, 0.5) is 0 Å². The molecule has 4 heteroatoms. The number of aliphatic hydroxyl groups is 1. The second kappa shape index (κ2) is 7.58. The Morgan fingerprint density at radius 2 is 2.24 bits per heavy atom. The fraction of sp³-hybridized carbons (Fsp3) is 0.538. The van der Waals surface area contributed by atoms with E-state index in [1.165, 1.54) is 0 Å². The zero-order valence-corrected chi connectivity index (χ0v) is 11.1. The molecule has 0 saturated carbocycles. The summed E-state index contributed by atoms with van der Waals surface area (Å²) in [6.45, 7) is 2.53. The van der Waals surface area contributed by atoms with Crippen molar-refractivity contribution in [3.05, 3.63) is 29.8 Å². The van der Waals surface area contributed by atoms with Gasteiger partial charge in [0, 0.05) is 10.6 Å². The maximum absolute atomic E-state index is 11.9. The van der Waals surface area contributed by atoms with Crippen LogP contribution in [0.1, 0.15) is 37.9 Å². The van der Waals surface area contributed by atoms with Crippen LogP contribution in [-0.2, 0) is 10.8 Å². The van der Waals surface area contributed by atoms with E-state index in [0.717, 1.165) is 23.3 Å². The van der Waals surface area contributed by atoms with Crippen LogP contribution in [0.15, 0.2) is 29.2 Å². The number of hydrogen-bond donors (Lipinski definition) is 2. The Hall–Kier alpha value is -0.710. The highest BCUT2D eigenvalue weighted by Gasteiger charge is 2.09. The van der Waals surface area contributed by atoms with Gasteiger partial charge in [0.15, 0.2) is 0 Å². The van der Waals surface area contributed by atoms with Crippen LogP contribution in [0.5, 0.6) is 0 Å². The van der Waals surface area contributed by atoms with E-state index in [4.69, 9.17) is 5.73 Å². The van der Waals surface area contributed by atoms with Crippen molar-refractivity contribution in [1.29, 1.82) is 0 Å². The second-order valence-corrected chi connectivity index (χ2v) is 5.64. The van der Waals surface area contributed by atoms with Gasteiger partial charge >= 0.3 is 0 Å². The van der Waals surface area contributed by atoms with E-state index in [0.29, 0.717) is 18.7 Å². The quantitative estimate of drug-likeness (QED) is 0.783. The highest BCUT2D eigenvalue weighted by Crippen LogP contribution is 2.19. The summed E-state index contributed by atoms with van der Waals surface area (Å²) >= 11 is 0. The average Bonchev–Trinajstić information content (AvgIpc) is 2.36. The third-order valence-electron chi connectivity index (χ3n) is 2.63. The molecule has 0 aliphatic rings. The summed E-state index contributed by atoms with van der Waals surface area (Å²) in [5, 5.41) is 9.82. The van der Waals surface area contributed by atoms with Gasteiger partial charge in [-0.3, -0.25) is 4.21 Å². The molecule has 2 unspecified atom stereocenters. The molecule has 0 heterocycles. The molecule has 1 aromatic rings. The highest BCUT2D eigenvalue weighted by atomic mass is 32.2. The Balaban J connectivity index is 2.74. The molecule has 0 aromatic heterocycles. The van der Waals surface area contributed by atoms with E-state index >= 15 is 0 Å². The van der Waals surface area contributed by atoms with Crippen molar-refractivity contribution in [3.8, 4) is 0 Å². The lowest BCUT2D eigenvalue weighted by atomic mass is 10.1. The fourth-order valence-electron chi connectivity index (χ4n) is 1.58. The number of hydrogen-bond acceptors (Lipinski definition) is 3. The SMILES string of the molecule is CCCCS(=O)c1cccc(C(O)CCN)c1. The molecule has 0 radical (unpaired) electrons. The lowest BCUT2D eigenvalue weighted by molar-refractivity contribution is 0.170. The number of aliphatic hydroxyl groups excluding tert-OH is 1. The first-order chi connectivity index (χ1) is 8.19. The molecule has 0 amide bonds. The summed E-state index contributed by atoms with van der Waals surface area (Å²) in [4.78, 5) is 0.798. The Morgan fingerprint density at radius 3 is 2.88 bits per heavy atom. The van der Waals surface area contributed by atoms with Crippen LogP contribution in [0.2, 0.25) is 0 Å². The third kappa shape index (κ3) is 4.58. The topological polar surface area (TPSA) is 63.3 Å². The second-order valence-electron chi connectivity index (χ2n) is 4.07. The number of rotatable bonds is 7. The Kier molecular flexibility index (Phi) is 6.40. The summed E-state index contributed by atoms with van der Waals surface area (Å²) in [7, 11) is -0.956. The summed E-state index contributed by atoms with van der Waals surface area (Å²) in [5.41, 5.74) is 6.21. The summed E-state index contributed by atoms with van der Waals surface area (Å²) in [6, 6.07) is 7.37. The average molecular weight is 255 g/mol. The van der Waals surface area contributed by atoms with E-state index in [2.05, 4.69) is 6.92 Å². The first-order valence-electron chi connectivity index (χ1n) is 6.05. The van der Waals surface area contributed by atoms with Crippen molar-refractivity contribution in [3.63, 3.8) is 0 Å². The van der Waals surface area contributed by atoms with Gasteiger partial charge in [-0.25, -0.2) is 0 Å². The Bertz CT molecular complexity index is 368. The lowest BCUT2D eigenvalue weighted by Crippen LogP contribution is -2.07. The van der Waals surface area contributed by atoms with E-state index in [1.807, 2.05) is 24.3 Å². The van der Waals surface area contributed by atoms with Crippen LogP contribution < -0.4 is 5.73 Å². The van der Waals surface area contributed by atoms with Crippen molar-refractivity contribution < 1.29 is 9.32 Å². The van der Waals surface area contributed by atoms with Crippen molar-refractivity contribution in [2.45, 2.75) is 37.2 Å². The minimum Gasteiger partial charge on any atom is -0.388 e. The number of benzene rings is 1. The van der Waals surface area contributed by atoms with Crippen LogP contribution in [-0.4, -0.2) is 21.6 Å². The van der Waals surface area contributed by atoms with Crippen LogP contribution in [0.3, 0.4) is 0 Å². The predicted octanol–water partition coefficient (Wildman–Crippen LogP) is 1.98. The third-order valence-corrected chi connectivity index (χ3v) is 4.07. The molecule has 0 fully saturated rings. The normalized spacial score (nSPS) is 14.5. The van der Waals surface area contributed by atoms with Gasteiger partial charge in [-0.1, -0.05) is 25.5 Å². The molecule has 0 spiro atoms. The fourth-order valence-corrected chi connectivity index (χ4v) is 2.87. The Labute approximate surface area is 105 Å². The standard InChI is InChI=1S/C13H21NO2S/c1-2-3-9-17(16)12-6-4-5-11(10-12)13(15)7-8-14/h4-6,10,13,15H,2-3,7-9,14H2,1H3. The molecule has 0 bridgehead atoms. The van der Waals surface area contributed by atoms with E-state index < -0.39 is 16.9 Å². The Morgan fingerprint density at radius 1 is 1.47 bits per heavy atom. The molecule has 2 atom stereocenters. The van der Waals surface area contributed by atoms with Gasteiger partial charge in [-0.15, -0.1) is 0 Å². The molecule has 0 saturated heterocycles. The van der Waals surface area contributed by atoms with Gasteiger partial charge in [0.2, 0.25) is 0 Å². The molecule has 17 heavy (non-hydrogen) atoms. The summed E-state index contributed by atoms with van der Waals surface area (Å²) in [5.74, 6) is 0.687. The smallest absolute Gasteiger partial charge is 0.0802 e. The van der Waals surface area contributed by atoms with Crippen molar-refractivity contribution in [2.75, 3.05) is 12.3 Å². The monoisotopic (exact) mass is 255 g/mol. The lowest BCUT2D eigenvalue weighted by Gasteiger charge is -2.11. The van der Waals surface area contributed by atoms with Crippen molar-refractivity contribution in [2.24, 2.45) is 5.73 Å². The zero-order valence-electron chi connectivity index (χ0n) is 10.3. The maximum Gasteiger partial charge on any atom is 0.0802 e. The molecule has 3 nitrogen and oxygen atoms in total. The van der Waals surface area contributed by atoms with Crippen LogP contribution in [0, 0.1) is 0 Å². The zero-order chi connectivity index (χ0) is 12.7. The first kappa shape index (κ1) is 14.4. The molecular weight excluding hydrogens is 234 g/mol. The maximum atomic E-state index is 11.9. The number of nitrogens with two attached hydrogens (primary N) is 1. The minimum atomic E-state index is -0.956. The van der Waals surface area contributed by atoms with Gasteiger partial charge in [-0.2, -0.15) is 0 Å². The van der Waals surface area contributed by atoms with E-state index in [1.54, 1.807) is 0 Å². The number of unbranched alkanes of at least 4 members (excludes halogenated alkanes) is 1. The largest absolute Gasteiger partial charge is 0.388 e. The van der Waals surface area contributed by atoms with Crippen molar-refractivity contribution >= 4 is 10.8 Å². The van der Waals surface area contributed by atoms with Gasteiger partial charge < -0.3 is 10.8 Å². The summed E-state index contributed by atoms with van der Waals surface area (Å²) < 4.78 is 11.9. The van der Waals surface area contributed by atoms with Crippen molar-refractivity contribution in [1.82, 2.24) is 0 Å². The molecule has 1 rings (SSSR count). The molecule has 0 aliphatic heterocycles. The first-order valence-corrected chi connectivity index (χ1v) is 7.37. The van der Waals surface area contributed by atoms with E-state index in [9.17, 15) is 9.32 Å². The predicted molar refractivity (Wildman–Crippen MR) is 71.3 cm³/mol. The van der Waals surface area contributed by atoms with Crippen LogP contribution >= 0.6 is 0 Å². The highest BCUT2D eigenvalue weighted by molar-refractivity contribution is 7.85. The van der Waals surface area contributed by atoms with Gasteiger partial charge in [0.1, 0.15) is 0 Å². The minimum absolute atomic E-state index is 0.449. The summed E-state index contributed by atoms with van der Waals surface area (Å²) in [6.07, 6.45) is 1.98. The van der Waals surface area contributed by atoms with Gasteiger partial charge in [-0.05, 0) is 37.1 Å². The van der Waals surface area contributed by atoms with Gasteiger partial charge in [0.25, 0.3) is 0 Å². The molecule has 0 aliphatic carbocycles.